The van der Waals surface area contributed by atoms with Gasteiger partial charge in [-0.15, -0.1) is 0 Å². The summed E-state index contributed by atoms with van der Waals surface area (Å²) in [5, 5.41) is 3.90. The maximum atomic E-state index is 11.9. The fourth-order valence-corrected chi connectivity index (χ4v) is 2.79. The van der Waals surface area contributed by atoms with Crippen LogP contribution in [0.25, 0.3) is 11.3 Å². The van der Waals surface area contributed by atoms with Gasteiger partial charge in [0.1, 0.15) is 17.3 Å². The molecule has 2 aromatic carbocycles. The van der Waals surface area contributed by atoms with Crippen molar-refractivity contribution >= 4 is 18.1 Å². The van der Waals surface area contributed by atoms with Crippen LogP contribution in [0.1, 0.15) is 34.2 Å². The van der Waals surface area contributed by atoms with Crippen molar-refractivity contribution in [2.75, 3.05) is 13.2 Å². The molecule has 1 aromatic heterocycles. The molecule has 0 spiro atoms. The second-order valence-corrected chi connectivity index (χ2v) is 6.78. The highest BCUT2D eigenvalue weighted by Crippen LogP contribution is 2.22. The van der Waals surface area contributed by atoms with E-state index in [2.05, 4.69) is 10.5 Å². The average Bonchev–Trinajstić information content (AvgIpc) is 3.24. The van der Waals surface area contributed by atoms with E-state index >= 15 is 0 Å². The molecule has 31 heavy (non-hydrogen) atoms. The summed E-state index contributed by atoms with van der Waals surface area (Å²) in [4.78, 5) is 23.7. The van der Waals surface area contributed by atoms with Gasteiger partial charge in [-0.25, -0.2) is 10.2 Å². The van der Waals surface area contributed by atoms with E-state index in [1.165, 1.54) is 6.21 Å². The Morgan fingerprint density at radius 1 is 1.06 bits per heavy atom. The number of esters is 1. The highest BCUT2D eigenvalue weighted by molar-refractivity contribution is 5.90. The Balaban J connectivity index is 1.52. The normalized spacial score (nSPS) is 10.8. The molecule has 1 heterocycles. The van der Waals surface area contributed by atoms with Crippen molar-refractivity contribution in [3.63, 3.8) is 0 Å². The summed E-state index contributed by atoms with van der Waals surface area (Å²) in [6, 6.07) is 16.1. The van der Waals surface area contributed by atoms with E-state index in [1.807, 2.05) is 32.0 Å². The van der Waals surface area contributed by atoms with Crippen LogP contribution in [0.5, 0.6) is 5.75 Å². The molecule has 7 heteroatoms. The summed E-state index contributed by atoms with van der Waals surface area (Å²) in [5.74, 6) is 1.02. The second-order valence-electron chi connectivity index (χ2n) is 6.78. The first-order valence-electron chi connectivity index (χ1n) is 9.86. The van der Waals surface area contributed by atoms with Gasteiger partial charge in [0.05, 0.1) is 18.4 Å². The van der Waals surface area contributed by atoms with Gasteiger partial charge in [0, 0.05) is 5.56 Å². The first-order valence-corrected chi connectivity index (χ1v) is 9.86. The van der Waals surface area contributed by atoms with E-state index in [0.717, 1.165) is 16.7 Å². The zero-order valence-electron chi connectivity index (χ0n) is 17.7. The molecule has 0 atom stereocenters. The Kier molecular flexibility index (Phi) is 7.22. The number of aryl methyl sites for hydroxylation is 1. The summed E-state index contributed by atoms with van der Waals surface area (Å²) in [7, 11) is 0. The van der Waals surface area contributed by atoms with Gasteiger partial charge < -0.3 is 13.9 Å². The standard InChI is InChI=1S/C24H24N2O5/c1-4-29-24(28)19-10-8-18(9-11-19)22-13-12-20(31-22)14-25-26-23(27)15-30-21-7-5-6-16(2)17(21)3/h5-14H,4,15H2,1-3H3,(H,26,27). The molecule has 0 bridgehead atoms. The number of carbonyl (C=O) groups is 2. The van der Waals surface area contributed by atoms with Crippen LogP contribution in [0.4, 0.5) is 0 Å². The highest BCUT2D eigenvalue weighted by atomic mass is 16.5. The predicted octanol–water partition coefficient (Wildman–Crippen LogP) is 4.27. The lowest BCUT2D eigenvalue weighted by molar-refractivity contribution is -0.123. The molecular formula is C24H24N2O5. The van der Waals surface area contributed by atoms with Crippen LogP contribution < -0.4 is 10.2 Å². The minimum atomic E-state index is -0.376. The van der Waals surface area contributed by atoms with E-state index in [-0.39, 0.29) is 18.5 Å². The number of furan rings is 1. The fraction of sp³-hybridized carbons (Fsp3) is 0.208. The number of rotatable bonds is 8. The first-order chi connectivity index (χ1) is 15.0. The highest BCUT2D eigenvalue weighted by Gasteiger charge is 2.09. The molecule has 0 unspecified atom stereocenters. The molecule has 0 radical (unpaired) electrons. The number of nitrogens with one attached hydrogen (secondary N) is 1. The van der Waals surface area contributed by atoms with Crippen LogP contribution in [-0.4, -0.2) is 31.3 Å². The van der Waals surface area contributed by atoms with Gasteiger partial charge >= 0.3 is 5.97 Å². The van der Waals surface area contributed by atoms with E-state index in [0.29, 0.717) is 29.4 Å². The van der Waals surface area contributed by atoms with Crippen molar-refractivity contribution in [2.24, 2.45) is 5.10 Å². The summed E-state index contributed by atoms with van der Waals surface area (Å²) in [6.07, 6.45) is 1.41. The molecule has 3 aromatic rings. The number of hydrazone groups is 1. The van der Waals surface area contributed by atoms with Crippen molar-refractivity contribution in [1.29, 1.82) is 0 Å². The van der Waals surface area contributed by atoms with Crippen LogP contribution in [0.3, 0.4) is 0 Å². The molecule has 3 rings (SSSR count). The third kappa shape index (κ3) is 5.82. The monoisotopic (exact) mass is 420 g/mol. The number of carbonyl (C=O) groups excluding carboxylic acids is 2. The SMILES string of the molecule is CCOC(=O)c1ccc(-c2ccc(C=NNC(=O)COc3cccc(C)c3C)o2)cc1. The second kappa shape index (κ2) is 10.2. The third-order valence-electron chi connectivity index (χ3n) is 4.60. The topological polar surface area (TPSA) is 90.1 Å². The smallest absolute Gasteiger partial charge is 0.338 e. The summed E-state index contributed by atoms with van der Waals surface area (Å²) < 4.78 is 16.2. The quantitative estimate of drug-likeness (QED) is 0.334. The van der Waals surface area contributed by atoms with Gasteiger partial charge in [-0.2, -0.15) is 5.10 Å². The minimum Gasteiger partial charge on any atom is -0.483 e. The fourth-order valence-electron chi connectivity index (χ4n) is 2.79. The predicted molar refractivity (Wildman–Crippen MR) is 117 cm³/mol. The maximum absolute atomic E-state index is 11.9. The molecule has 1 amide bonds. The van der Waals surface area contributed by atoms with Crippen molar-refractivity contribution in [3.8, 4) is 17.1 Å². The van der Waals surface area contributed by atoms with E-state index in [4.69, 9.17) is 13.9 Å². The largest absolute Gasteiger partial charge is 0.483 e. The first kappa shape index (κ1) is 21.8. The van der Waals surface area contributed by atoms with Crippen molar-refractivity contribution in [1.82, 2.24) is 5.43 Å². The van der Waals surface area contributed by atoms with E-state index < -0.39 is 0 Å². The van der Waals surface area contributed by atoms with Gasteiger partial charge in [-0.1, -0.05) is 24.3 Å². The van der Waals surface area contributed by atoms with Gasteiger partial charge in [0.15, 0.2) is 6.61 Å². The molecule has 0 saturated carbocycles. The molecule has 0 aliphatic rings. The lowest BCUT2D eigenvalue weighted by Crippen LogP contribution is -2.24. The molecule has 0 aliphatic carbocycles. The van der Waals surface area contributed by atoms with Gasteiger partial charge in [0.2, 0.25) is 0 Å². The lowest BCUT2D eigenvalue weighted by atomic mass is 10.1. The zero-order chi connectivity index (χ0) is 22.2. The maximum Gasteiger partial charge on any atom is 0.338 e. The van der Waals surface area contributed by atoms with E-state index in [1.54, 1.807) is 43.3 Å². The number of ether oxygens (including phenoxy) is 2. The molecule has 1 N–H and O–H groups in total. The molecule has 160 valence electrons. The number of hydrogen-bond acceptors (Lipinski definition) is 6. The van der Waals surface area contributed by atoms with Crippen LogP contribution in [0, 0.1) is 13.8 Å². The molecular weight excluding hydrogens is 396 g/mol. The van der Waals surface area contributed by atoms with Crippen LogP contribution in [0.15, 0.2) is 64.1 Å². The average molecular weight is 420 g/mol. The van der Waals surface area contributed by atoms with Crippen LogP contribution >= 0.6 is 0 Å². The Labute approximate surface area is 180 Å². The van der Waals surface area contributed by atoms with Crippen LogP contribution in [0.2, 0.25) is 0 Å². The molecule has 0 fully saturated rings. The number of hydrogen-bond donors (Lipinski definition) is 1. The Morgan fingerprint density at radius 3 is 2.58 bits per heavy atom. The Hall–Kier alpha value is -3.87. The van der Waals surface area contributed by atoms with Gasteiger partial charge in [-0.3, -0.25) is 4.79 Å². The zero-order valence-corrected chi connectivity index (χ0v) is 17.7. The number of benzene rings is 2. The van der Waals surface area contributed by atoms with Crippen molar-refractivity contribution in [3.05, 3.63) is 77.0 Å². The Bertz CT molecular complexity index is 1080. The molecule has 7 nitrogen and oxygen atoms in total. The number of amides is 1. The lowest BCUT2D eigenvalue weighted by Gasteiger charge is -2.09. The minimum absolute atomic E-state index is 0.141. The van der Waals surface area contributed by atoms with Crippen molar-refractivity contribution < 1.29 is 23.5 Å². The summed E-state index contributed by atoms with van der Waals surface area (Å²) in [6.45, 7) is 5.88. The van der Waals surface area contributed by atoms with Gasteiger partial charge in [-0.05, 0) is 62.2 Å². The summed E-state index contributed by atoms with van der Waals surface area (Å²) >= 11 is 0. The molecule has 0 saturated heterocycles. The number of nitrogens with zero attached hydrogens (tertiary/aromatic N) is 1. The van der Waals surface area contributed by atoms with Crippen molar-refractivity contribution in [2.45, 2.75) is 20.8 Å². The summed E-state index contributed by atoms with van der Waals surface area (Å²) in [5.41, 5.74) is 5.79. The van der Waals surface area contributed by atoms with E-state index in [9.17, 15) is 9.59 Å². The van der Waals surface area contributed by atoms with Crippen LogP contribution in [-0.2, 0) is 9.53 Å². The Morgan fingerprint density at radius 2 is 1.84 bits per heavy atom. The van der Waals surface area contributed by atoms with Gasteiger partial charge in [0.25, 0.3) is 5.91 Å². The molecule has 0 aliphatic heterocycles. The third-order valence-corrected chi connectivity index (χ3v) is 4.60.